The first-order valence-corrected chi connectivity index (χ1v) is 5.24. The van der Waals surface area contributed by atoms with Gasteiger partial charge in [-0.2, -0.15) is 5.10 Å². The molecule has 0 saturated carbocycles. The van der Waals surface area contributed by atoms with Gasteiger partial charge in [0.25, 0.3) is 0 Å². The Labute approximate surface area is 88.7 Å². The standard InChI is InChI=1S/C13H12N2/c1-2-6-11-10(4-1)5-3-7-12(11)13-8-9-14-15-13/h1-2,4,6-9H,3,5H2,(H,14,15). The molecule has 0 unspecified atom stereocenters. The van der Waals surface area contributed by atoms with Gasteiger partial charge in [0.05, 0.1) is 5.69 Å². The molecule has 3 rings (SSSR count). The summed E-state index contributed by atoms with van der Waals surface area (Å²) in [5, 5.41) is 7.11. The number of benzene rings is 1. The van der Waals surface area contributed by atoms with Crippen molar-refractivity contribution < 1.29 is 0 Å². The summed E-state index contributed by atoms with van der Waals surface area (Å²) >= 11 is 0. The van der Waals surface area contributed by atoms with Gasteiger partial charge in [-0.25, -0.2) is 0 Å². The zero-order chi connectivity index (χ0) is 10.1. The lowest BCUT2D eigenvalue weighted by molar-refractivity contribution is 0.971. The molecule has 2 heteroatoms. The molecule has 1 N–H and O–H groups in total. The lowest BCUT2D eigenvalue weighted by Gasteiger charge is -2.15. The van der Waals surface area contributed by atoms with Crippen LogP contribution in [0, 0.1) is 0 Å². The van der Waals surface area contributed by atoms with Crippen molar-refractivity contribution >= 4 is 5.57 Å². The average Bonchev–Trinajstić information content (AvgIpc) is 2.82. The highest BCUT2D eigenvalue weighted by atomic mass is 15.1. The van der Waals surface area contributed by atoms with E-state index in [2.05, 4.69) is 40.5 Å². The average molecular weight is 196 g/mol. The molecule has 1 aliphatic rings. The summed E-state index contributed by atoms with van der Waals surface area (Å²) < 4.78 is 0. The maximum atomic E-state index is 4.25. The minimum absolute atomic E-state index is 1.04. The quantitative estimate of drug-likeness (QED) is 0.746. The molecule has 0 fully saturated rings. The predicted octanol–water partition coefficient (Wildman–Crippen LogP) is 2.79. The van der Waals surface area contributed by atoms with Gasteiger partial charge in [-0.05, 0) is 30.0 Å². The van der Waals surface area contributed by atoms with Gasteiger partial charge in [0.1, 0.15) is 0 Å². The molecule has 0 amide bonds. The molecule has 0 aliphatic heterocycles. The van der Waals surface area contributed by atoms with E-state index in [1.54, 1.807) is 0 Å². The summed E-state index contributed by atoms with van der Waals surface area (Å²) in [6, 6.07) is 10.6. The number of H-pyrrole nitrogens is 1. The highest BCUT2D eigenvalue weighted by molar-refractivity contribution is 5.80. The van der Waals surface area contributed by atoms with Crippen LogP contribution in [0.15, 0.2) is 42.6 Å². The smallest absolute Gasteiger partial charge is 0.0923 e. The summed E-state index contributed by atoms with van der Waals surface area (Å²) in [5.74, 6) is 0. The molecule has 0 saturated heterocycles. The number of aromatic amines is 1. The Morgan fingerprint density at radius 1 is 1.13 bits per heavy atom. The van der Waals surface area contributed by atoms with Crippen molar-refractivity contribution in [1.82, 2.24) is 10.2 Å². The Balaban J connectivity index is 2.15. The molecule has 1 heterocycles. The third kappa shape index (κ3) is 1.38. The summed E-state index contributed by atoms with van der Waals surface area (Å²) in [6.07, 6.45) is 6.40. The fraction of sp³-hybridized carbons (Fsp3) is 0.154. The van der Waals surface area contributed by atoms with Crippen molar-refractivity contribution in [3.05, 3.63) is 59.4 Å². The van der Waals surface area contributed by atoms with E-state index in [1.165, 1.54) is 16.7 Å². The van der Waals surface area contributed by atoms with Gasteiger partial charge in [0.15, 0.2) is 0 Å². The van der Waals surface area contributed by atoms with Crippen molar-refractivity contribution in [2.45, 2.75) is 12.8 Å². The molecule has 15 heavy (non-hydrogen) atoms. The molecule has 74 valence electrons. The van der Waals surface area contributed by atoms with E-state index in [-0.39, 0.29) is 0 Å². The number of fused-ring (bicyclic) bond motifs is 1. The van der Waals surface area contributed by atoms with Gasteiger partial charge in [-0.1, -0.05) is 30.3 Å². The molecule has 0 spiro atoms. The van der Waals surface area contributed by atoms with E-state index >= 15 is 0 Å². The van der Waals surface area contributed by atoms with Crippen LogP contribution in [0.2, 0.25) is 0 Å². The third-order valence-corrected chi connectivity index (χ3v) is 2.85. The van der Waals surface area contributed by atoms with Crippen molar-refractivity contribution in [3.63, 3.8) is 0 Å². The maximum Gasteiger partial charge on any atom is 0.0923 e. The second-order valence-electron chi connectivity index (χ2n) is 3.77. The number of aryl methyl sites for hydroxylation is 1. The number of nitrogens with zero attached hydrogens (tertiary/aromatic N) is 1. The predicted molar refractivity (Wildman–Crippen MR) is 60.4 cm³/mol. The number of hydrogen-bond donors (Lipinski definition) is 1. The number of hydrogen-bond acceptors (Lipinski definition) is 1. The summed E-state index contributed by atoms with van der Waals surface area (Å²) in [5.41, 5.74) is 5.06. The Morgan fingerprint density at radius 2 is 2.07 bits per heavy atom. The Bertz CT molecular complexity index is 495. The fourth-order valence-corrected chi connectivity index (χ4v) is 2.14. The molecule has 1 aliphatic carbocycles. The van der Waals surface area contributed by atoms with Crippen molar-refractivity contribution in [2.24, 2.45) is 0 Å². The van der Waals surface area contributed by atoms with E-state index in [0.717, 1.165) is 18.5 Å². The molecule has 2 nitrogen and oxygen atoms in total. The van der Waals surface area contributed by atoms with Gasteiger partial charge >= 0.3 is 0 Å². The van der Waals surface area contributed by atoms with Crippen molar-refractivity contribution in [2.75, 3.05) is 0 Å². The molecular weight excluding hydrogens is 184 g/mol. The van der Waals surface area contributed by atoms with Crippen LogP contribution in [0.25, 0.3) is 5.57 Å². The Kier molecular flexibility index (Phi) is 1.91. The van der Waals surface area contributed by atoms with E-state index in [9.17, 15) is 0 Å². The van der Waals surface area contributed by atoms with Crippen LogP contribution in [-0.2, 0) is 6.42 Å². The van der Waals surface area contributed by atoms with Gasteiger partial charge in [0, 0.05) is 11.8 Å². The largest absolute Gasteiger partial charge is 0.285 e. The zero-order valence-corrected chi connectivity index (χ0v) is 8.40. The SMILES string of the molecule is C1=C(c2cc[nH]n2)c2ccccc2CC1. The molecule has 0 radical (unpaired) electrons. The normalized spacial score (nSPS) is 14.5. The Morgan fingerprint density at radius 3 is 2.93 bits per heavy atom. The lowest BCUT2D eigenvalue weighted by atomic mass is 9.89. The van der Waals surface area contributed by atoms with Crippen LogP contribution < -0.4 is 0 Å². The number of rotatable bonds is 1. The lowest BCUT2D eigenvalue weighted by Crippen LogP contribution is -2.00. The van der Waals surface area contributed by atoms with Crippen LogP contribution >= 0.6 is 0 Å². The second kappa shape index (κ2) is 3.39. The highest BCUT2D eigenvalue weighted by Gasteiger charge is 2.14. The van der Waals surface area contributed by atoms with Crippen molar-refractivity contribution in [3.8, 4) is 0 Å². The van der Waals surface area contributed by atoms with Crippen LogP contribution in [0.1, 0.15) is 23.2 Å². The molecule has 2 aromatic rings. The molecule has 1 aromatic carbocycles. The molecular formula is C13H12N2. The van der Waals surface area contributed by atoms with E-state index < -0.39 is 0 Å². The second-order valence-corrected chi connectivity index (χ2v) is 3.77. The zero-order valence-electron chi connectivity index (χ0n) is 8.40. The number of aromatic nitrogens is 2. The molecule has 0 bridgehead atoms. The van der Waals surface area contributed by atoms with Gasteiger partial charge in [0.2, 0.25) is 0 Å². The maximum absolute atomic E-state index is 4.25. The monoisotopic (exact) mass is 196 g/mol. The molecule has 0 atom stereocenters. The van der Waals surface area contributed by atoms with Crippen molar-refractivity contribution in [1.29, 1.82) is 0 Å². The summed E-state index contributed by atoms with van der Waals surface area (Å²) in [6.45, 7) is 0. The van der Waals surface area contributed by atoms with E-state index in [4.69, 9.17) is 0 Å². The van der Waals surface area contributed by atoms with Crippen LogP contribution in [0.4, 0.5) is 0 Å². The van der Waals surface area contributed by atoms with E-state index in [0.29, 0.717) is 0 Å². The Hall–Kier alpha value is -1.83. The fourth-order valence-electron chi connectivity index (χ4n) is 2.14. The molecule has 1 aromatic heterocycles. The first-order chi connectivity index (χ1) is 7.45. The van der Waals surface area contributed by atoms with E-state index in [1.807, 2.05) is 12.3 Å². The summed E-state index contributed by atoms with van der Waals surface area (Å²) in [7, 11) is 0. The van der Waals surface area contributed by atoms with Crippen LogP contribution in [-0.4, -0.2) is 10.2 Å². The van der Waals surface area contributed by atoms with Gasteiger partial charge in [-0.3, -0.25) is 5.10 Å². The van der Waals surface area contributed by atoms with Crippen LogP contribution in [0.5, 0.6) is 0 Å². The number of nitrogens with one attached hydrogen (secondary N) is 1. The minimum Gasteiger partial charge on any atom is -0.285 e. The first-order valence-electron chi connectivity index (χ1n) is 5.24. The van der Waals surface area contributed by atoms with Gasteiger partial charge in [-0.15, -0.1) is 0 Å². The van der Waals surface area contributed by atoms with Gasteiger partial charge < -0.3 is 0 Å². The summed E-state index contributed by atoms with van der Waals surface area (Å²) in [4.78, 5) is 0. The number of allylic oxidation sites excluding steroid dienone is 1. The topological polar surface area (TPSA) is 28.7 Å². The third-order valence-electron chi connectivity index (χ3n) is 2.85. The highest BCUT2D eigenvalue weighted by Crippen LogP contribution is 2.30. The minimum atomic E-state index is 1.04. The van der Waals surface area contributed by atoms with Crippen LogP contribution in [0.3, 0.4) is 0 Å². The first kappa shape index (κ1) is 8.48.